The highest BCUT2D eigenvalue weighted by Crippen LogP contribution is 2.42. The number of halogens is 3. The van der Waals surface area contributed by atoms with Gasteiger partial charge in [-0.05, 0) is 50.6 Å². The van der Waals surface area contributed by atoms with E-state index in [2.05, 4.69) is 5.32 Å². The van der Waals surface area contributed by atoms with E-state index < -0.39 is 17.5 Å². The van der Waals surface area contributed by atoms with Crippen LogP contribution in [0.2, 0.25) is 0 Å². The van der Waals surface area contributed by atoms with E-state index in [0.717, 1.165) is 31.4 Å². The van der Waals surface area contributed by atoms with Gasteiger partial charge in [0.25, 0.3) is 0 Å². The molecule has 106 valence electrons. The minimum atomic E-state index is -4.31. The molecule has 1 aliphatic rings. The lowest BCUT2D eigenvalue weighted by Gasteiger charge is -2.33. The predicted molar refractivity (Wildman–Crippen MR) is 66.9 cm³/mol. The van der Waals surface area contributed by atoms with Gasteiger partial charge < -0.3 is 4.74 Å². The summed E-state index contributed by atoms with van der Waals surface area (Å²) in [4.78, 5) is 0. The number of hydrogen-bond acceptors (Lipinski definition) is 2. The molecule has 0 heterocycles. The van der Waals surface area contributed by atoms with Gasteiger partial charge in [-0.15, -0.1) is 0 Å². The van der Waals surface area contributed by atoms with E-state index in [1.54, 1.807) is 0 Å². The van der Waals surface area contributed by atoms with Crippen molar-refractivity contribution in [1.82, 2.24) is 5.32 Å². The summed E-state index contributed by atoms with van der Waals surface area (Å²) in [6, 6.07) is 4.87. The molecule has 1 aromatic rings. The molecule has 2 nitrogen and oxygen atoms in total. The molecule has 0 amide bonds. The first-order valence-corrected chi connectivity index (χ1v) is 6.46. The Hall–Kier alpha value is -1.23. The van der Waals surface area contributed by atoms with Crippen LogP contribution in [0, 0.1) is 5.92 Å². The average molecular weight is 273 g/mol. The van der Waals surface area contributed by atoms with Crippen LogP contribution in [0.4, 0.5) is 13.2 Å². The van der Waals surface area contributed by atoms with Gasteiger partial charge in [0.05, 0.1) is 5.56 Å². The molecule has 0 saturated heterocycles. The zero-order chi connectivity index (χ0) is 14.1. The molecule has 1 N–H and O–H groups in total. The van der Waals surface area contributed by atoms with E-state index in [4.69, 9.17) is 4.74 Å². The Morgan fingerprint density at radius 1 is 1.21 bits per heavy atom. The van der Waals surface area contributed by atoms with Crippen LogP contribution < -0.4 is 10.1 Å². The Balaban J connectivity index is 2.14. The molecule has 2 rings (SSSR count). The lowest BCUT2D eigenvalue weighted by Crippen LogP contribution is -2.50. The second-order valence-electron chi connectivity index (χ2n) is 4.89. The first-order valence-electron chi connectivity index (χ1n) is 6.46. The molecule has 0 spiro atoms. The summed E-state index contributed by atoms with van der Waals surface area (Å²) in [5.74, 6) is 0.904. The molecule has 1 saturated carbocycles. The highest BCUT2D eigenvalue weighted by Gasteiger charge is 2.45. The Morgan fingerprint density at radius 2 is 1.79 bits per heavy atom. The topological polar surface area (TPSA) is 21.3 Å². The highest BCUT2D eigenvalue weighted by atomic mass is 19.4. The number of hydrogen-bond donors (Lipinski definition) is 1. The summed E-state index contributed by atoms with van der Waals surface area (Å²) >= 11 is 0. The van der Waals surface area contributed by atoms with Crippen LogP contribution in [0.15, 0.2) is 24.3 Å². The van der Waals surface area contributed by atoms with Crippen LogP contribution in [0.3, 0.4) is 0 Å². The molecule has 0 radical (unpaired) electrons. The third-order valence-corrected chi connectivity index (χ3v) is 3.67. The van der Waals surface area contributed by atoms with Gasteiger partial charge >= 0.3 is 6.18 Å². The molecule has 0 aromatic heterocycles. The maximum absolute atomic E-state index is 12.5. The molecule has 0 aliphatic heterocycles. The summed E-state index contributed by atoms with van der Waals surface area (Å²) in [5.41, 5.74) is -1.11. The Kier molecular flexibility index (Phi) is 3.76. The van der Waals surface area contributed by atoms with Crippen molar-refractivity contribution in [3.05, 3.63) is 29.8 Å². The van der Waals surface area contributed by atoms with Crippen molar-refractivity contribution >= 4 is 0 Å². The summed E-state index contributed by atoms with van der Waals surface area (Å²) < 4.78 is 43.3. The fourth-order valence-electron chi connectivity index (χ4n) is 2.35. The molecular weight excluding hydrogens is 255 g/mol. The largest absolute Gasteiger partial charge is 0.473 e. The molecule has 1 fully saturated rings. The van der Waals surface area contributed by atoms with Crippen LogP contribution in [-0.2, 0) is 6.18 Å². The lowest BCUT2D eigenvalue weighted by molar-refractivity contribution is -0.137. The molecule has 5 heteroatoms. The fourth-order valence-corrected chi connectivity index (χ4v) is 2.35. The SMILES string of the molecule is CCC(NC)(Oc1ccc(C(F)(F)F)cc1)C1CC1. The Morgan fingerprint density at radius 3 is 2.16 bits per heavy atom. The van der Waals surface area contributed by atoms with Crippen LogP contribution in [-0.4, -0.2) is 12.8 Å². The standard InChI is InChI=1S/C14H18F3NO/c1-3-13(18-2,10-4-5-10)19-12-8-6-11(7-9-12)14(15,16)17/h6-10,18H,3-5H2,1-2H3. The van der Waals surface area contributed by atoms with E-state index in [1.807, 2.05) is 14.0 Å². The third kappa shape index (κ3) is 3.03. The molecule has 1 atom stereocenters. The van der Waals surface area contributed by atoms with Crippen molar-refractivity contribution in [3.63, 3.8) is 0 Å². The van der Waals surface area contributed by atoms with Gasteiger partial charge in [-0.25, -0.2) is 0 Å². The van der Waals surface area contributed by atoms with Gasteiger partial charge in [0.15, 0.2) is 5.72 Å². The number of ether oxygens (including phenoxy) is 1. The third-order valence-electron chi connectivity index (χ3n) is 3.67. The maximum atomic E-state index is 12.5. The van der Waals surface area contributed by atoms with E-state index in [-0.39, 0.29) is 0 Å². The summed E-state index contributed by atoms with van der Waals surface area (Å²) in [5, 5.41) is 3.18. The summed E-state index contributed by atoms with van der Waals surface area (Å²) in [7, 11) is 1.83. The molecule has 0 bridgehead atoms. The van der Waals surface area contributed by atoms with Crippen LogP contribution in [0.5, 0.6) is 5.75 Å². The maximum Gasteiger partial charge on any atom is 0.416 e. The van der Waals surface area contributed by atoms with E-state index in [0.29, 0.717) is 11.7 Å². The van der Waals surface area contributed by atoms with Gasteiger partial charge in [-0.2, -0.15) is 13.2 Å². The minimum Gasteiger partial charge on any atom is -0.473 e. The minimum absolute atomic E-state index is 0.435. The van der Waals surface area contributed by atoms with Gasteiger partial charge in [0.2, 0.25) is 0 Å². The summed E-state index contributed by atoms with van der Waals surface area (Å²) in [6.45, 7) is 2.01. The first-order chi connectivity index (χ1) is 8.91. The second-order valence-corrected chi connectivity index (χ2v) is 4.89. The van der Waals surface area contributed by atoms with Gasteiger partial charge in [0.1, 0.15) is 5.75 Å². The Labute approximate surface area is 111 Å². The zero-order valence-electron chi connectivity index (χ0n) is 11.1. The fraction of sp³-hybridized carbons (Fsp3) is 0.571. The molecule has 1 aromatic carbocycles. The molecular formula is C14H18F3NO. The second kappa shape index (κ2) is 5.04. The van der Waals surface area contributed by atoms with Gasteiger partial charge in [-0.3, -0.25) is 5.32 Å². The number of rotatable bonds is 5. The van der Waals surface area contributed by atoms with Crippen LogP contribution in [0.25, 0.3) is 0 Å². The number of benzene rings is 1. The zero-order valence-corrected chi connectivity index (χ0v) is 11.1. The molecule has 1 aliphatic carbocycles. The van der Waals surface area contributed by atoms with E-state index >= 15 is 0 Å². The van der Waals surface area contributed by atoms with E-state index in [1.165, 1.54) is 12.1 Å². The lowest BCUT2D eigenvalue weighted by atomic mass is 10.1. The number of nitrogens with one attached hydrogen (secondary N) is 1. The Bertz CT molecular complexity index is 419. The van der Waals surface area contributed by atoms with Gasteiger partial charge in [0, 0.05) is 5.92 Å². The smallest absolute Gasteiger partial charge is 0.416 e. The quantitative estimate of drug-likeness (QED) is 0.823. The van der Waals surface area contributed by atoms with Crippen molar-refractivity contribution in [1.29, 1.82) is 0 Å². The highest BCUT2D eigenvalue weighted by molar-refractivity contribution is 5.29. The van der Waals surface area contributed by atoms with Crippen molar-refractivity contribution < 1.29 is 17.9 Å². The molecule has 1 unspecified atom stereocenters. The van der Waals surface area contributed by atoms with Crippen LogP contribution >= 0.6 is 0 Å². The summed E-state index contributed by atoms with van der Waals surface area (Å²) in [6.07, 6.45) is -1.35. The van der Waals surface area contributed by atoms with E-state index in [9.17, 15) is 13.2 Å². The first kappa shape index (κ1) is 14.2. The van der Waals surface area contributed by atoms with Crippen molar-refractivity contribution in [2.75, 3.05) is 7.05 Å². The van der Waals surface area contributed by atoms with Crippen molar-refractivity contribution in [2.24, 2.45) is 5.92 Å². The van der Waals surface area contributed by atoms with Gasteiger partial charge in [-0.1, -0.05) is 6.92 Å². The predicted octanol–water partition coefficient (Wildman–Crippen LogP) is 3.82. The van der Waals surface area contributed by atoms with Crippen molar-refractivity contribution in [2.45, 2.75) is 38.1 Å². The molecule has 19 heavy (non-hydrogen) atoms. The van der Waals surface area contributed by atoms with Crippen LogP contribution in [0.1, 0.15) is 31.7 Å². The average Bonchev–Trinajstić information content (AvgIpc) is 3.20. The normalized spacial score (nSPS) is 19.0. The van der Waals surface area contributed by atoms with Crippen molar-refractivity contribution in [3.8, 4) is 5.75 Å². The monoisotopic (exact) mass is 273 g/mol. The number of alkyl halides is 3.